The summed E-state index contributed by atoms with van der Waals surface area (Å²) in [5.41, 5.74) is 0.831. The highest BCUT2D eigenvalue weighted by atomic mass is 32.2. The largest absolute Gasteiger partial charge is 0.495 e. The van der Waals surface area contributed by atoms with Crippen LogP contribution in [0.25, 0.3) is 0 Å². The van der Waals surface area contributed by atoms with Crippen LogP contribution in [0.3, 0.4) is 0 Å². The molecule has 0 aliphatic carbocycles. The zero-order chi connectivity index (χ0) is 17.0. The Balaban J connectivity index is 2.22. The van der Waals surface area contributed by atoms with Gasteiger partial charge >= 0.3 is 0 Å². The van der Waals surface area contributed by atoms with Gasteiger partial charge in [0, 0.05) is 20.3 Å². The van der Waals surface area contributed by atoms with Gasteiger partial charge in [-0.15, -0.1) is 0 Å². The summed E-state index contributed by atoms with van der Waals surface area (Å²) < 4.78 is 32.6. The number of methoxy groups -OCH3 is 1. The number of ether oxygens (including phenoxy) is 1. The monoisotopic (exact) mass is 336 g/mol. The Labute approximate surface area is 136 Å². The van der Waals surface area contributed by atoms with E-state index in [0.717, 1.165) is 5.56 Å². The predicted molar refractivity (Wildman–Crippen MR) is 88.1 cm³/mol. The zero-order valence-electron chi connectivity index (χ0n) is 13.6. The van der Waals surface area contributed by atoms with Gasteiger partial charge < -0.3 is 9.64 Å². The molecule has 1 aromatic carbocycles. The average molecular weight is 336 g/mol. The van der Waals surface area contributed by atoms with E-state index in [4.69, 9.17) is 4.74 Å². The van der Waals surface area contributed by atoms with E-state index in [0.29, 0.717) is 17.4 Å². The van der Waals surface area contributed by atoms with Crippen LogP contribution in [0.5, 0.6) is 5.75 Å². The minimum atomic E-state index is -3.73. The Hall–Kier alpha value is -2.19. The molecule has 7 nitrogen and oxygen atoms in total. The molecule has 2 rings (SSSR count). The molecule has 0 spiro atoms. The maximum absolute atomic E-state index is 12.5. The van der Waals surface area contributed by atoms with Gasteiger partial charge in [-0.25, -0.2) is 23.1 Å². The van der Waals surface area contributed by atoms with Crippen LogP contribution in [0.1, 0.15) is 11.4 Å². The summed E-state index contributed by atoms with van der Waals surface area (Å²) in [6.45, 7) is 1.82. The number of hydrogen-bond acceptors (Lipinski definition) is 6. The molecule has 1 heterocycles. The van der Waals surface area contributed by atoms with Crippen LogP contribution < -0.4 is 14.4 Å². The fourth-order valence-electron chi connectivity index (χ4n) is 1.95. The topological polar surface area (TPSA) is 84.4 Å². The van der Waals surface area contributed by atoms with Crippen molar-refractivity contribution >= 4 is 15.8 Å². The first kappa shape index (κ1) is 17.2. The van der Waals surface area contributed by atoms with Crippen molar-refractivity contribution in [3.05, 3.63) is 41.9 Å². The zero-order valence-corrected chi connectivity index (χ0v) is 14.4. The van der Waals surface area contributed by atoms with Gasteiger partial charge in [0.15, 0.2) is 0 Å². The fraction of sp³-hybridized carbons (Fsp3) is 0.333. The SMILES string of the molecule is COc1ccc(C)cc1S(=O)(=O)NCc1nccc(N(C)C)n1. The van der Waals surface area contributed by atoms with Crippen LogP contribution >= 0.6 is 0 Å². The Morgan fingerprint density at radius 1 is 1.26 bits per heavy atom. The predicted octanol–water partition coefficient (Wildman–Crippen LogP) is 1.34. The van der Waals surface area contributed by atoms with Crippen LogP contribution in [0.2, 0.25) is 0 Å². The number of nitrogens with one attached hydrogen (secondary N) is 1. The van der Waals surface area contributed by atoms with Crippen molar-refractivity contribution in [1.29, 1.82) is 0 Å². The van der Waals surface area contributed by atoms with Gasteiger partial charge in [-0.2, -0.15) is 0 Å². The molecule has 0 saturated heterocycles. The summed E-state index contributed by atoms with van der Waals surface area (Å²) in [5.74, 6) is 1.40. The van der Waals surface area contributed by atoms with Crippen LogP contribution in [0.4, 0.5) is 5.82 Å². The van der Waals surface area contributed by atoms with Gasteiger partial charge in [0.25, 0.3) is 0 Å². The number of nitrogens with zero attached hydrogens (tertiary/aromatic N) is 3. The summed E-state index contributed by atoms with van der Waals surface area (Å²) in [4.78, 5) is 10.3. The number of benzene rings is 1. The van der Waals surface area contributed by atoms with E-state index < -0.39 is 10.0 Å². The van der Waals surface area contributed by atoms with Crippen LogP contribution in [-0.2, 0) is 16.6 Å². The Bertz CT molecular complexity index is 791. The molecule has 1 N–H and O–H groups in total. The smallest absolute Gasteiger partial charge is 0.244 e. The molecular formula is C15H20N4O3S. The van der Waals surface area contributed by atoms with Crippen LogP contribution in [0, 0.1) is 6.92 Å². The van der Waals surface area contributed by atoms with Crippen LogP contribution in [-0.4, -0.2) is 39.6 Å². The number of rotatable bonds is 6. The molecular weight excluding hydrogens is 316 g/mol. The molecule has 0 atom stereocenters. The van der Waals surface area contributed by atoms with E-state index in [1.807, 2.05) is 25.9 Å². The first-order valence-electron chi connectivity index (χ1n) is 6.97. The highest BCUT2D eigenvalue weighted by molar-refractivity contribution is 7.89. The summed E-state index contributed by atoms with van der Waals surface area (Å²) >= 11 is 0. The molecule has 8 heteroatoms. The second-order valence-corrected chi connectivity index (χ2v) is 6.94. The third kappa shape index (κ3) is 4.17. The molecule has 124 valence electrons. The Kier molecular flexibility index (Phi) is 5.17. The van der Waals surface area contributed by atoms with E-state index in [-0.39, 0.29) is 11.4 Å². The Morgan fingerprint density at radius 2 is 2.00 bits per heavy atom. The second-order valence-electron chi connectivity index (χ2n) is 5.20. The third-order valence-corrected chi connectivity index (χ3v) is 4.60. The molecule has 0 fully saturated rings. The molecule has 0 aliphatic rings. The number of aryl methyl sites for hydroxylation is 1. The highest BCUT2D eigenvalue weighted by Gasteiger charge is 2.20. The molecule has 0 saturated carbocycles. The van der Waals surface area contributed by atoms with E-state index >= 15 is 0 Å². The molecule has 0 unspecified atom stereocenters. The van der Waals surface area contributed by atoms with E-state index in [1.165, 1.54) is 7.11 Å². The molecule has 0 bridgehead atoms. The lowest BCUT2D eigenvalue weighted by Gasteiger charge is -2.13. The normalized spacial score (nSPS) is 11.3. The van der Waals surface area contributed by atoms with Crippen molar-refractivity contribution < 1.29 is 13.2 Å². The van der Waals surface area contributed by atoms with Crippen molar-refractivity contribution in [2.24, 2.45) is 0 Å². The highest BCUT2D eigenvalue weighted by Crippen LogP contribution is 2.24. The molecule has 0 amide bonds. The van der Waals surface area contributed by atoms with Crippen molar-refractivity contribution in [3.8, 4) is 5.75 Å². The van der Waals surface area contributed by atoms with Crippen LogP contribution in [0.15, 0.2) is 35.4 Å². The second kappa shape index (κ2) is 6.93. The number of sulfonamides is 1. The van der Waals surface area contributed by atoms with Crippen molar-refractivity contribution in [2.75, 3.05) is 26.1 Å². The number of anilines is 1. The summed E-state index contributed by atoms with van der Waals surface area (Å²) in [6, 6.07) is 6.74. The first-order valence-corrected chi connectivity index (χ1v) is 8.45. The minimum Gasteiger partial charge on any atom is -0.495 e. The molecule has 0 aliphatic heterocycles. The van der Waals surface area contributed by atoms with Gasteiger partial charge in [-0.1, -0.05) is 6.07 Å². The fourth-order valence-corrected chi connectivity index (χ4v) is 3.19. The van der Waals surface area contributed by atoms with Gasteiger partial charge in [0.05, 0.1) is 13.7 Å². The van der Waals surface area contributed by atoms with Gasteiger partial charge in [0.1, 0.15) is 22.3 Å². The lowest BCUT2D eigenvalue weighted by atomic mass is 10.2. The Morgan fingerprint density at radius 3 is 2.65 bits per heavy atom. The van der Waals surface area contributed by atoms with Gasteiger partial charge in [0.2, 0.25) is 10.0 Å². The molecule has 2 aromatic rings. The summed E-state index contributed by atoms with van der Waals surface area (Å²) in [5, 5.41) is 0. The van der Waals surface area contributed by atoms with Crippen molar-refractivity contribution in [3.63, 3.8) is 0 Å². The van der Waals surface area contributed by atoms with E-state index in [1.54, 1.807) is 30.5 Å². The average Bonchev–Trinajstić information content (AvgIpc) is 2.53. The number of aromatic nitrogens is 2. The molecule has 0 radical (unpaired) electrons. The minimum absolute atomic E-state index is 0.00110. The standard InChI is InChI=1S/C15H20N4O3S/c1-11-5-6-12(22-4)13(9-11)23(20,21)17-10-14-16-8-7-15(18-14)19(2)3/h5-9,17H,10H2,1-4H3. The van der Waals surface area contributed by atoms with E-state index in [2.05, 4.69) is 14.7 Å². The maximum Gasteiger partial charge on any atom is 0.244 e. The van der Waals surface area contributed by atoms with E-state index in [9.17, 15) is 8.42 Å². The summed E-state index contributed by atoms with van der Waals surface area (Å²) in [6.07, 6.45) is 1.60. The lowest BCUT2D eigenvalue weighted by molar-refractivity contribution is 0.402. The maximum atomic E-state index is 12.5. The lowest BCUT2D eigenvalue weighted by Crippen LogP contribution is -2.25. The number of hydrogen-bond donors (Lipinski definition) is 1. The first-order chi connectivity index (χ1) is 10.8. The van der Waals surface area contributed by atoms with Crippen molar-refractivity contribution in [2.45, 2.75) is 18.4 Å². The third-order valence-electron chi connectivity index (χ3n) is 3.18. The van der Waals surface area contributed by atoms with Gasteiger partial charge in [-0.05, 0) is 30.7 Å². The quantitative estimate of drug-likeness (QED) is 0.857. The summed E-state index contributed by atoms with van der Waals surface area (Å²) in [7, 11) is 1.42. The molecule has 23 heavy (non-hydrogen) atoms. The molecule has 1 aromatic heterocycles. The van der Waals surface area contributed by atoms with Crippen molar-refractivity contribution in [1.82, 2.24) is 14.7 Å². The van der Waals surface area contributed by atoms with Gasteiger partial charge in [-0.3, -0.25) is 0 Å².